The molecule has 26 heavy (non-hydrogen) atoms. The Morgan fingerprint density at radius 3 is 2.00 bits per heavy atom. The maximum atomic E-state index is 12.2. The highest BCUT2D eigenvalue weighted by Crippen LogP contribution is 2.17. The molecule has 2 atom stereocenters. The molecule has 2 aromatic carbocycles. The highest BCUT2D eigenvalue weighted by atomic mass is 16.5. The largest absolute Gasteiger partial charge is 0.478 e. The fourth-order valence-electron chi connectivity index (χ4n) is 2.83. The average Bonchev–Trinajstić information content (AvgIpc) is 2.62. The van der Waals surface area contributed by atoms with Crippen molar-refractivity contribution in [2.45, 2.75) is 32.2 Å². The molecule has 2 N–H and O–H groups in total. The molecule has 6 nitrogen and oxygen atoms in total. The molecule has 0 bridgehead atoms. The van der Waals surface area contributed by atoms with Gasteiger partial charge in [-0.15, -0.1) is 0 Å². The number of aliphatic hydroxyl groups excluding tert-OH is 1. The maximum absolute atomic E-state index is 12.2. The molecule has 0 spiro atoms. The van der Waals surface area contributed by atoms with Crippen molar-refractivity contribution in [3.05, 3.63) is 71.3 Å². The van der Waals surface area contributed by atoms with Crippen LogP contribution in [0.15, 0.2) is 54.6 Å². The van der Waals surface area contributed by atoms with Gasteiger partial charge in [0.15, 0.2) is 0 Å². The molecule has 0 saturated carbocycles. The number of hydrogen-bond acceptors (Lipinski definition) is 5. The van der Waals surface area contributed by atoms with Gasteiger partial charge in [0, 0.05) is 13.1 Å². The molecule has 0 fully saturated rings. The minimum Gasteiger partial charge on any atom is -0.478 e. The van der Waals surface area contributed by atoms with Gasteiger partial charge < -0.3 is 14.9 Å². The predicted octanol–water partition coefficient (Wildman–Crippen LogP) is 2.31. The number of carbonyl (C=O) groups is 2. The van der Waals surface area contributed by atoms with Crippen molar-refractivity contribution in [1.82, 2.24) is 4.90 Å². The molecule has 6 heteroatoms. The molecular formula is C20H23NO5. The van der Waals surface area contributed by atoms with E-state index in [4.69, 9.17) is 9.84 Å². The zero-order chi connectivity index (χ0) is 19.1. The summed E-state index contributed by atoms with van der Waals surface area (Å²) in [5.41, 5.74) is 2.02. The first-order valence-corrected chi connectivity index (χ1v) is 8.28. The van der Waals surface area contributed by atoms with Gasteiger partial charge in [-0.05, 0) is 30.2 Å². The van der Waals surface area contributed by atoms with E-state index in [0.717, 1.165) is 11.1 Å². The molecule has 0 aliphatic rings. The Labute approximate surface area is 152 Å². The fraction of sp³-hybridized carbons (Fsp3) is 0.300. The lowest BCUT2D eigenvalue weighted by atomic mass is 10.1. The second-order valence-electron chi connectivity index (χ2n) is 6.10. The lowest BCUT2D eigenvalue weighted by molar-refractivity contribution is -0.152. The van der Waals surface area contributed by atoms with Crippen molar-refractivity contribution < 1.29 is 24.5 Å². The Morgan fingerprint density at radius 1 is 1.00 bits per heavy atom. The molecule has 0 amide bonds. The topological polar surface area (TPSA) is 87.1 Å². The van der Waals surface area contributed by atoms with E-state index in [-0.39, 0.29) is 5.56 Å². The van der Waals surface area contributed by atoms with E-state index in [1.807, 2.05) is 35.2 Å². The Morgan fingerprint density at radius 2 is 1.54 bits per heavy atom. The summed E-state index contributed by atoms with van der Waals surface area (Å²) in [5.74, 6) is -1.51. The summed E-state index contributed by atoms with van der Waals surface area (Å²) in [7, 11) is 1.29. The summed E-state index contributed by atoms with van der Waals surface area (Å²) >= 11 is 0. The van der Waals surface area contributed by atoms with Crippen LogP contribution in [0, 0.1) is 0 Å². The van der Waals surface area contributed by atoms with E-state index < -0.39 is 24.1 Å². The zero-order valence-corrected chi connectivity index (χ0v) is 14.8. The van der Waals surface area contributed by atoms with Crippen LogP contribution in [0.25, 0.3) is 0 Å². The lowest BCUT2D eigenvalue weighted by Crippen LogP contribution is -2.47. The monoisotopic (exact) mass is 357 g/mol. The highest BCUT2D eigenvalue weighted by molar-refractivity contribution is 5.87. The SMILES string of the molecule is COC(=O)[C@H]([C@@H](C)O)N(Cc1ccccc1)Cc1ccc(C(=O)O)cc1. The van der Waals surface area contributed by atoms with Crippen molar-refractivity contribution in [3.8, 4) is 0 Å². The van der Waals surface area contributed by atoms with Gasteiger partial charge in [0.05, 0.1) is 18.8 Å². The Kier molecular flexibility index (Phi) is 6.89. The number of ether oxygens (including phenoxy) is 1. The average molecular weight is 357 g/mol. The van der Waals surface area contributed by atoms with Crippen LogP contribution in [0.4, 0.5) is 0 Å². The number of methoxy groups -OCH3 is 1. The summed E-state index contributed by atoms with van der Waals surface area (Å²) in [5, 5.41) is 19.2. The molecule has 0 unspecified atom stereocenters. The van der Waals surface area contributed by atoms with Crippen LogP contribution >= 0.6 is 0 Å². The van der Waals surface area contributed by atoms with E-state index >= 15 is 0 Å². The Bertz CT molecular complexity index is 728. The molecule has 0 heterocycles. The van der Waals surface area contributed by atoms with Crippen LogP contribution in [-0.4, -0.2) is 46.3 Å². The van der Waals surface area contributed by atoms with Crippen molar-refractivity contribution in [2.24, 2.45) is 0 Å². The lowest BCUT2D eigenvalue weighted by Gasteiger charge is -2.31. The number of rotatable bonds is 8. The number of hydrogen-bond donors (Lipinski definition) is 2. The third kappa shape index (κ3) is 5.15. The quantitative estimate of drug-likeness (QED) is 0.705. The Hall–Kier alpha value is -2.70. The van der Waals surface area contributed by atoms with Crippen LogP contribution in [0.1, 0.15) is 28.4 Å². The first-order valence-electron chi connectivity index (χ1n) is 8.28. The summed E-state index contributed by atoms with van der Waals surface area (Å²) in [4.78, 5) is 25.0. The molecule has 2 rings (SSSR count). The van der Waals surface area contributed by atoms with Crippen LogP contribution < -0.4 is 0 Å². The number of benzene rings is 2. The second-order valence-corrected chi connectivity index (χ2v) is 6.10. The summed E-state index contributed by atoms with van der Waals surface area (Å²) in [6, 6.07) is 15.2. The Balaban J connectivity index is 2.29. The van der Waals surface area contributed by atoms with Crippen LogP contribution in [0.5, 0.6) is 0 Å². The maximum Gasteiger partial charge on any atom is 0.335 e. The van der Waals surface area contributed by atoms with E-state index in [0.29, 0.717) is 13.1 Å². The highest BCUT2D eigenvalue weighted by Gasteiger charge is 2.31. The number of nitrogens with zero attached hydrogens (tertiary/aromatic N) is 1. The fourth-order valence-corrected chi connectivity index (χ4v) is 2.83. The van der Waals surface area contributed by atoms with Gasteiger partial charge in [-0.25, -0.2) is 4.79 Å². The molecule has 0 aliphatic heterocycles. The molecule has 2 aromatic rings. The minimum atomic E-state index is -0.992. The van der Waals surface area contributed by atoms with Gasteiger partial charge in [0.1, 0.15) is 6.04 Å². The zero-order valence-electron chi connectivity index (χ0n) is 14.8. The third-order valence-electron chi connectivity index (χ3n) is 4.11. The smallest absolute Gasteiger partial charge is 0.335 e. The van der Waals surface area contributed by atoms with E-state index in [1.54, 1.807) is 19.1 Å². The summed E-state index contributed by atoms with van der Waals surface area (Å²) in [6.07, 6.45) is -0.926. The molecule has 0 saturated heterocycles. The van der Waals surface area contributed by atoms with Gasteiger partial charge >= 0.3 is 11.9 Å². The number of carboxylic acid groups (broad SMARTS) is 1. The first-order chi connectivity index (χ1) is 12.4. The number of aliphatic hydroxyl groups is 1. The van der Waals surface area contributed by atoms with Gasteiger partial charge in [-0.3, -0.25) is 9.69 Å². The third-order valence-corrected chi connectivity index (χ3v) is 4.11. The van der Waals surface area contributed by atoms with Gasteiger partial charge in [0.2, 0.25) is 0 Å². The van der Waals surface area contributed by atoms with Gasteiger partial charge in [-0.1, -0.05) is 42.5 Å². The summed E-state index contributed by atoms with van der Waals surface area (Å²) in [6.45, 7) is 2.35. The van der Waals surface area contributed by atoms with Crippen molar-refractivity contribution in [3.63, 3.8) is 0 Å². The van der Waals surface area contributed by atoms with Gasteiger partial charge in [-0.2, -0.15) is 0 Å². The normalized spacial score (nSPS) is 13.2. The first kappa shape index (κ1) is 19.6. The van der Waals surface area contributed by atoms with E-state index in [9.17, 15) is 14.7 Å². The van der Waals surface area contributed by atoms with Crippen LogP contribution in [0.3, 0.4) is 0 Å². The van der Waals surface area contributed by atoms with Crippen LogP contribution in [0.2, 0.25) is 0 Å². The van der Waals surface area contributed by atoms with Crippen molar-refractivity contribution >= 4 is 11.9 Å². The van der Waals surface area contributed by atoms with E-state index in [2.05, 4.69) is 0 Å². The standard InChI is InChI=1S/C20H23NO5/c1-14(22)18(20(25)26-2)21(12-15-6-4-3-5-7-15)13-16-8-10-17(11-9-16)19(23)24/h3-11,14,18,22H,12-13H2,1-2H3,(H,23,24)/t14-,18+/m1/s1. The number of carbonyl (C=O) groups excluding carboxylic acids is 1. The van der Waals surface area contributed by atoms with Crippen molar-refractivity contribution in [2.75, 3.05) is 7.11 Å². The predicted molar refractivity (Wildman–Crippen MR) is 96.6 cm³/mol. The molecule has 0 aromatic heterocycles. The number of carboxylic acids is 1. The van der Waals surface area contributed by atoms with Crippen molar-refractivity contribution in [1.29, 1.82) is 0 Å². The minimum absolute atomic E-state index is 0.198. The summed E-state index contributed by atoms with van der Waals surface area (Å²) < 4.78 is 4.86. The number of esters is 1. The van der Waals surface area contributed by atoms with E-state index in [1.165, 1.54) is 19.2 Å². The molecule has 0 aliphatic carbocycles. The van der Waals surface area contributed by atoms with Crippen LogP contribution in [-0.2, 0) is 22.6 Å². The van der Waals surface area contributed by atoms with Gasteiger partial charge in [0.25, 0.3) is 0 Å². The number of aromatic carboxylic acids is 1. The molecular weight excluding hydrogens is 334 g/mol. The second kappa shape index (κ2) is 9.12. The molecule has 0 radical (unpaired) electrons. The molecule has 138 valence electrons.